The molecule has 0 saturated heterocycles. The van der Waals surface area contributed by atoms with Crippen LogP contribution in [-0.2, 0) is 14.3 Å². The first-order valence-electron chi connectivity index (χ1n) is 10.6. The first kappa shape index (κ1) is 25.4. The van der Waals surface area contributed by atoms with Gasteiger partial charge in [-0.2, -0.15) is 0 Å². The molecular weight excluding hydrogens is 525 g/mol. The molecule has 0 radical (unpaired) electrons. The van der Waals surface area contributed by atoms with Crippen molar-refractivity contribution in [2.75, 3.05) is 11.5 Å². The first-order valence-corrected chi connectivity index (χ1v) is 13.0. The summed E-state index contributed by atoms with van der Waals surface area (Å²) in [5, 5.41) is 1.15. The molecule has 35 heavy (non-hydrogen) atoms. The van der Waals surface area contributed by atoms with Crippen LogP contribution in [0, 0.1) is 0 Å². The highest BCUT2D eigenvalue weighted by Gasteiger charge is 2.40. The van der Waals surface area contributed by atoms with Crippen molar-refractivity contribution in [1.82, 2.24) is 0 Å². The van der Waals surface area contributed by atoms with E-state index in [9.17, 15) is 14.4 Å². The lowest BCUT2D eigenvalue weighted by molar-refractivity contribution is -0.120. The Kier molecular flexibility index (Phi) is 8.23. The molecule has 0 unspecified atom stereocenters. The summed E-state index contributed by atoms with van der Waals surface area (Å²) in [5.41, 5.74) is 0.716. The lowest BCUT2D eigenvalue weighted by atomic mass is 10.2. The van der Waals surface area contributed by atoms with Crippen molar-refractivity contribution in [2.45, 2.75) is 23.1 Å². The molecule has 3 aromatic carbocycles. The van der Waals surface area contributed by atoms with Crippen LogP contribution in [0.3, 0.4) is 0 Å². The highest BCUT2D eigenvalue weighted by atomic mass is 35.5. The maximum atomic E-state index is 13.5. The van der Waals surface area contributed by atoms with Crippen LogP contribution in [0.5, 0.6) is 0 Å². The van der Waals surface area contributed by atoms with E-state index < -0.39 is 17.8 Å². The molecule has 0 aromatic heterocycles. The van der Waals surface area contributed by atoms with Crippen molar-refractivity contribution in [2.24, 2.45) is 0 Å². The number of anilines is 1. The molecule has 0 N–H and O–H groups in total. The Balaban J connectivity index is 1.65. The first-order chi connectivity index (χ1) is 16.9. The van der Waals surface area contributed by atoms with Gasteiger partial charge in [-0.25, -0.2) is 9.69 Å². The largest absolute Gasteiger partial charge is 0.462 e. The van der Waals surface area contributed by atoms with E-state index in [1.807, 2.05) is 6.92 Å². The molecule has 0 fully saturated rings. The molecule has 178 valence electrons. The number of carbonyl (C=O) groups excluding carboxylic acids is 3. The van der Waals surface area contributed by atoms with Crippen molar-refractivity contribution < 1.29 is 19.1 Å². The van der Waals surface area contributed by atoms with Gasteiger partial charge >= 0.3 is 5.97 Å². The predicted octanol–water partition coefficient (Wildman–Crippen LogP) is 7.23. The molecule has 1 aliphatic heterocycles. The zero-order valence-corrected chi connectivity index (χ0v) is 21.6. The zero-order valence-electron chi connectivity index (χ0n) is 18.5. The summed E-state index contributed by atoms with van der Waals surface area (Å²) in [6, 6.07) is 20.3. The SMILES string of the molecule is CCCOC(=O)c1ccc(N2C(=O)C(Sc3ccc(Cl)cc3)=C(Sc3ccc(Cl)cc3)C2=O)cc1. The van der Waals surface area contributed by atoms with Gasteiger partial charge in [0.1, 0.15) is 0 Å². The van der Waals surface area contributed by atoms with Gasteiger partial charge in [-0.05, 0) is 79.2 Å². The molecule has 5 nitrogen and oxygen atoms in total. The lowest BCUT2D eigenvalue weighted by Crippen LogP contribution is -2.31. The van der Waals surface area contributed by atoms with Crippen molar-refractivity contribution >= 4 is 70.2 Å². The van der Waals surface area contributed by atoms with Gasteiger partial charge in [-0.3, -0.25) is 9.59 Å². The van der Waals surface area contributed by atoms with Gasteiger partial charge in [0, 0.05) is 19.8 Å². The van der Waals surface area contributed by atoms with Crippen LogP contribution in [0.15, 0.2) is 92.4 Å². The highest BCUT2D eigenvalue weighted by Crippen LogP contribution is 2.44. The molecule has 0 aliphatic carbocycles. The van der Waals surface area contributed by atoms with Crippen LogP contribution in [-0.4, -0.2) is 24.4 Å². The lowest BCUT2D eigenvalue weighted by Gasteiger charge is -2.15. The molecule has 1 heterocycles. The number of esters is 1. The molecule has 0 spiro atoms. The summed E-state index contributed by atoms with van der Waals surface area (Å²) >= 11 is 14.4. The maximum Gasteiger partial charge on any atom is 0.338 e. The minimum Gasteiger partial charge on any atom is -0.462 e. The number of amides is 2. The van der Waals surface area contributed by atoms with E-state index in [4.69, 9.17) is 27.9 Å². The molecule has 4 rings (SSSR count). The van der Waals surface area contributed by atoms with Gasteiger partial charge in [0.25, 0.3) is 11.8 Å². The quantitative estimate of drug-likeness (QED) is 0.220. The maximum absolute atomic E-state index is 13.5. The third kappa shape index (κ3) is 5.93. The summed E-state index contributed by atoms with van der Waals surface area (Å²) in [7, 11) is 0. The number of ether oxygens (including phenoxy) is 1. The number of nitrogens with zero attached hydrogens (tertiary/aromatic N) is 1. The molecule has 0 saturated carbocycles. The third-order valence-corrected chi connectivity index (χ3v) is 7.68. The van der Waals surface area contributed by atoms with Crippen LogP contribution in [0.25, 0.3) is 0 Å². The smallest absolute Gasteiger partial charge is 0.338 e. The molecule has 0 atom stereocenters. The fraction of sp³-hybridized carbons (Fsp3) is 0.115. The van der Waals surface area contributed by atoms with Crippen LogP contribution >= 0.6 is 46.7 Å². The number of benzene rings is 3. The number of halogens is 2. The van der Waals surface area contributed by atoms with Crippen molar-refractivity contribution in [3.63, 3.8) is 0 Å². The Morgan fingerprint density at radius 2 is 1.23 bits per heavy atom. The van der Waals surface area contributed by atoms with E-state index in [2.05, 4.69) is 0 Å². The standard InChI is InChI=1S/C26H19Cl2NO4S2/c1-2-15-33-26(32)16-3-9-19(10-4-16)29-24(30)22(34-20-11-5-17(27)6-12-20)23(25(29)31)35-21-13-7-18(28)8-14-21/h3-14H,2,15H2,1H3. The summed E-state index contributed by atoms with van der Waals surface area (Å²) in [6.45, 7) is 2.23. The second kappa shape index (κ2) is 11.4. The number of imide groups is 1. The van der Waals surface area contributed by atoms with Crippen LogP contribution < -0.4 is 4.90 Å². The monoisotopic (exact) mass is 543 g/mol. The van der Waals surface area contributed by atoms with Gasteiger partial charge in [0.15, 0.2) is 0 Å². The van der Waals surface area contributed by atoms with E-state index >= 15 is 0 Å². The molecule has 2 amide bonds. The number of hydrogen-bond donors (Lipinski definition) is 0. The van der Waals surface area contributed by atoms with E-state index in [1.165, 1.54) is 23.5 Å². The van der Waals surface area contributed by atoms with Gasteiger partial charge in [0.05, 0.1) is 27.7 Å². The average Bonchev–Trinajstić information content (AvgIpc) is 3.09. The van der Waals surface area contributed by atoms with Crippen LogP contribution in [0.1, 0.15) is 23.7 Å². The molecular formula is C26H19Cl2NO4S2. The predicted molar refractivity (Wildman–Crippen MR) is 141 cm³/mol. The molecule has 0 bridgehead atoms. The number of rotatable bonds is 8. The number of carbonyl (C=O) groups is 3. The van der Waals surface area contributed by atoms with Gasteiger partial charge in [-0.1, -0.05) is 53.6 Å². The van der Waals surface area contributed by atoms with Crippen LogP contribution in [0.4, 0.5) is 5.69 Å². The van der Waals surface area contributed by atoms with E-state index in [-0.39, 0.29) is 0 Å². The van der Waals surface area contributed by atoms with Gasteiger partial charge < -0.3 is 4.74 Å². The summed E-state index contributed by atoms with van der Waals surface area (Å²) in [4.78, 5) is 42.4. The fourth-order valence-electron chi connectivity index (χ4n) is 3.17. The number of thioether (sulfide) groups is 2. The minimum absolute atomic E-state index is 0.309. The molecule has 1 aliphatic rings. The Hall–Kier alpha value is -2.71. The normalized spacial score (nSPS) is 13.5. The van der Waals surface area contributed by atoms with Crippen LogP contribution in [0.2, 0.25) is 10.0 Å². The Labute approximate surface area is 221 Å². The van der Waals surface area contributed by atoms with E-state index in [1.54, 1.807) is 72.8 Å². The van der Waals surface area contributed by atoms with E-state index in [0.29, 0.717) is 44.1 Å². The van der Waals surface area contributed by atoms with Crippen molar-refractivity contribution in [3.05, 3.63) is 98.2 Å². The van der Waals surface area contributed by atoms with Gasteiger partial charge in [-0.15, -0.1) is 0 Å². The second-order valence-corrected chi connectivity index (χ2v) is 10.4. The minimum atomic E-state index is -0.450. The Morgan fingerprint density at radius 1 is 0.771 bits per heavy atom. The fourth-order valence-corrected chi connectivity index (χ4v) is 5.40. The second-order valence-electron chi connectivity index (χ2n) is 7.40. The summed E-state index contributed by atoms with van der Waals surface area (Å²) in [5.74, 6) is -1.32. The third-order valence-electron chi connectivity index (χ3n) is 4.87. The zero-order chi connectivity index (χ0) is 24.9. The van der Waals surface area contributed by atoms with E-state index in [0.717, 1.165) is 14.7 Å². The average molecular weight is 544 g/mol. The summed E-state index contributed by atoms with van der Waals surface area (Å²) < 4.78 is 5.15. The Bertz CT molecular complexity index is 1220. The highest BCUT2D eigenvalue weighted by molar-refractivity contribution is 8.08. The summed E-state index contributed by atoms with van der Waals surface area (Å²) in [6.07, 6.45) is 0.717. The topological polar surface area (TPSA) is 63.7 Å². The molecule has 9 heteroatoms. The van der Waals surface area contributed by atoms with Crippen molar-refractivity contribution in [1.29, 1.82) is 0 Å². The Morgan fingerprint density at radius 3 is 1.66 bits per heavy atom. The molecule has 3 aromatic rings. The van der Waals surface area contributed by atoms with Gasteiger partial charge in [0.2, 0.25) is 0 Å². The van der Waals surface area contributed by atoms with Crippen molar-refractivity contribution in [3.8, 4) is 0 Å². The number of hydrogen-bond acceptors (Lipinski definition) is 6.